The first kappa shape index (κ1) is 12.6. The van der Waals surface area contributed by atoms with Crippen molar-refractivity contribution in [1.82, 2.24) is 0 Å². The summed E-state index contributed by atoms with van der Waals surface area (Å²) in [6.45, 7) is 0. The second-order valence-electron chi connectivity index (χ2n) is 2.85. The molecule has 0 saturated heterocycles. The quantitative estimate of drug-likeness (QED) is 0.832. The molecule has 1 aromatic carbocycles. The molecule has 0 radical (unpaired) electrons. The Bertz CT molecular complexity index is 398. The molecule has 0 bridgehead atoms. The molecule has 6 heteroatoms. The van der Waals surface area contributed by atoms with Crippen molar-refractivity contribution in [2.45, 2.75) is 6.18 Å². The molecule has 1 N–H and O–H groups in total. The summed E-state index contributed by atoms with van der Waals surface area (Å²) in [5.74, 6) is -1.91. The summed E-state index contributed by atoms with van der Waals surface area (Å²) in [5.41, 5.74) is 0.538. The van der Waals surface area contributed by atoms with Gasteiger partial charge in [0.2, 0.25) is 0 Å². The van der Waals surface area contributed by atoms with Crippen LogP contribution in [0.5, 0.6) is 0 Å². The molecule has 16 heavy (non-hydrogen) atoms. The first-order valence-electron chi connectivity index (χ1n) is 4.19. The molecule has 86 valence electrons. The van der Waals surface area contributed by atoms with Crippen molar-refractivity contribution in [1.29, 1.82) is 0 Å². The summed E-state index contributed by atoms with van der Waals surface area (Å²) in [4.78, 5) is 10.4. The van der Waals surface area contributed by atoms with E-state index in [1.807, 2.05) is 0 Å². The van der Waals surface area contributed by atoms with Gasteiger partial charge in [0.15, 0.2) is 0 Å². The Kier molecular flexibility index (Phi) is 3.95. The number of hydrogen-bond donors (Lipinski definition) is 1. The van der Waals surface area contributed by atoms with E-state index in [1.54, 1.807) is 24.3 Å². The van der Waals surface area contributed by atoms with E-state index < -0.39 is 12.0 Å². The number of rotatable bonds is 3. The van der Waals surface area contributed by atoms with Gasteiger partial charge in [-0.2, -0.15) is 13.2 Å². The molecule has 0 fully saturated rings. The summed E-state index contributed by atoms with van der Waals surface area (Å²) >= 11 is 5.61. The number of anilines is 1. The van der Waals surface area contributed by atoms with Crippen molar-refractivity contribution in [3.8, 4) is 0 Å². The lowest BCUT2D eigenvalue weighted by Gasteiger charge is -2.01. The Morgan fingerprint density at radius 2 is 1.81 bits per heavy atom. The minimum absolute atomic E-state index is 0.425. The van der Waals surface area contributed by atoms with Gasteiger partial charge in [-0.3, -0.25) is 4.79 Å². The van der Waals surface area contributed by atoms with E-state index >= 15 is 0 Å². The molecule has 0 aliphatic heterocycles. The molecule has 0 aromatic heterocycles. The minimum atomic E-state index is -4.84. The topological polar surface area (TPSA) is 29.1 Å². The first-order valence-corrected chi connectivity index (χ1v) is 4.57. The lowest BCUT2D eigenvalue weighted by molar-refractivity contribution is -0.165. The van der Waals surface area contributed by atoms with Gasteiger partial charge in [-0.05, 0) is 24.3 Å². The van der Waals surface area contributed by atoms with Crippen molar-refractivity contribution in [3.63, 3.8) is 0 Å². The van der Waals surface area contributed by atoms with Gasteiger partial charge in [0.1, 0.15) is 0 Å². The molecule has 0 unspecified atom stereocenters. The minimum Gasteiger partial charge on any atom is -0.362 e. The molecule has 1 rings (SSSR count). The van der Waals surface area contributed by atoms with Gasteiger partial charge in [-0.15, -0.1) is 0 Å². The van der Waals surface area contributed by atoms with Crippen LogP contribution in [-0.2, 0) is 4.79 Å². The number of carbonyl (C=O) groups excluding carboxylic acids is 1. The molecule has 1 aromatic rings. The second-order valence-corrected chi connectivity index (χ2v) is 3.28. The fraction of sp³-hybridized carbons (Fsp3) is 0.100. The zero-order valence-corrected chi connectivity index (χ0v) is 8.64. The maximum atomic E-state index is 11.8. The van der Waals surface area contributed by atoms with Crippen LogP contribution >= 0.6 is 11.6 Å². The van der Waals surface area contributed by atoms with Crippen LogP contribution in [0, 0.1) is 0 Å². The van der Waals surface area contributed by atoms with E-state index in [1.165, 1.54) is 0 Å². The number of halogens is 4. The lowest BCUT2D eigenvalue weighted by atomic mass is 10.3. The fourth-order valence-corrected chi connectivity index (χ4v) is 0.980. The Morgan fingerprint density at radius 3 is 2.31 bits per heavy atom. The molecular formula is C10H7ClF3NO. The fourth-order valence-electron chi connectivity index (χ4n) is 0.854. The third-order valence-electron chi connectivity index (χ3n) is 1.61. The zero-order valence-electron chi connectivity index (χ0n) is 7.88. The van der Waals surface area contributed by atoms with Gasteiger partial charge in [0.25, 0.3) is 5.78 Å². The summed E-state index contributed by atoms with van der Waals surface area (Å²) in [7, 11) is 0. The zero-order chi connectivity index (χ0) is 12.2. The number of alkyl halides is 3. The largest absolute Gasteiger partial charge is 0.454 e. The predicted molar refractivity (Wildman–Crippen MR) is 55.3 cm³/mol. The first-order chi connectivity index (χ1) is 7.39. The van der Waals surface area contributed by atoms with Crippen LogP contribution < -0.4 is 5.32 Å². The molecule has 2 nitrogen and oxygen atoms in total. The Balaban J connectivity index is 2.55. The summed E-state index contributed by atoms with van der Waals surface area (Å²) in [5, 5.41) is 3.03. The molecule has 0 saturated carbocycles. The average molecular weight is 250 g/mol. The van der Waals surface area contributed by atoms with E-state index in [4.69, 9.17) is 11.6 Å². The number of nitrogens with one attached hydrogen (secondary N) is 1. The van der Waals surface area contributed by atoms with E-state index in [2.05, 4.69) is 5.32 Å². The second kappa shape index (κ2) is 5.03. The van der Waals surface area contributed by atoms with E-state index in [-0.39, 0.29) is 0 Å². The number of ketones is 1. The van der Waals surface area contributed by atoms with E-state index in [0.717, 1.165) is 6.20 Å². The van der Waals surface area contributed by atoms with Crippen molar-refractivity contribution < 1.29 is 18.0 Å². The van der Waals surface area contributed by atoms with Gasteiger partial charge in [0, 0.05) is 23.0 Å². The third-order valence-corrected chi connectivity index (χ3v) is 1.86. The Hall–Kier alpha value is -1.49. The maximum absolute atomic E-state index is 11.8. The summed E-state index contributed by atoms with van der Waals surface area (Å²) < 4.78 is 35.3. The van der Waals surface area contributed by atoms with E-state index in [9.17, 15) is 18.0 Å². The molecule has 0 amide bonds. The third kappa shape index (κ3) is 3.94. The van der Waals surface area contributed by atoms with E-state index in [0.29, 0.717) is 16.8 Å². The standard InChI is InChI=1S/C10H7ClF3NO/c11-7-1-3-8(4-2-7)15-6-5-9(16)10(12,13)14/h1-6,15H/b6-5+. The summed E-state index contributed by atoms with van der Waals surface area (Å²) in [6, 6.07) is 6.29. The highest BCUT2D eigenvalue weighted by molar-refractivity contribution is 6.30. The molecular weight excluding hydrogens is 243 g/mol. The van der Waals surface area contributed by atoms with Crippen LogP contribution in [0.2, 0.25) is 5.02 Å². The van der Waals surface area contributed by atoms with Gasteiger partial charge in [0.05, 0.1) is 0 Å². The highest BCUT2D eigenvalue weighted by Gasteiger charge is 2.35. The smallest absolute Gasteiger partial charge is 0.362 e. The van der Waals surface area contributed by atoms with Crippen LogP contribution in [-0.4, -0.2) is 12.0 Å². The van der Waals surface area contributed by atoms with Crippen molar-refractivity contribution >= 4 is 23.1 Å². The highest BCUT2D eigenvalue weighted by atomic mass is 35.5. The number of allylic oxidation sites excluding steroid dienone is 1. The van der Waals surface area contributed by atoms with Gasteiger partial charge in [-0.1, -0.05) is 11.6 Å². The molecule has 0 atom stereocenters. The van der Waals surface area contributed by atoms with Gasteiger partial charge >= 0.3 is 6.18 Å². The number of benzene rings is 1. The molecule has 0 aliphatic carbocycles. The highest BCUT2D eigenvalue weighted by Crippen LogP contribution is 2.17. The predicted octanol–water partition coefficient (Wildman–Crippen LogP) is 3.40. The van der Waals surface area contributed by atoms with Gasteiger partial charge < -0.3 is 5.32 Å². The number of hydrogen-bond acceptors (Lipinski definition) is 2. The van der Waals surface area contributed by atoms with Crippen LogP contribution in [0.4, 0.5) is 18.9 Å². The van der Waals surface area contributed by atoms with Crippen LogP contribution in [0.25, 0.3) is 0 Å². The Morgan fingerprint density at radius 1 is 1.25 bits per heavy atom. The average Bonchev–Trinajstić information content (AvgIpc) is 2.19. The SMILES string of the molecule is O=C(/C=C/Nc1ccc(Cl)cc1)C(F)(F)F. The van der Waals surface area contributed by atoms with Crippen LogP contribution in [0.15, 0.2) is 36.5 Å². The Labute approximate surface area is 94.7 Å². The van der Waals surface area contributed by atoms with Crippen molar-refractivity contribution in [2.24, 2.45) is 0 Å². The lowest BCUT2D eigenvalue weighted by Crippen LogP contribution is -2.20. The van der Waals surface area contributed by atoms with Crippen molar-refractivity contribution in [2.75, 3.05) is 5.32 Å². The monoisotopic (exact) mass is 249 g/mol. The van der Waals surface area contributed by atoms with Gasteiger partial charge in [-0.25, -0.2) is 0 Å². The molecule has 0 spiro atoms. The van der Waals surface area contributed by atoms with Crippen molar-refractivity contribution in [3.05, 3.63) is 41.6 Å². The molecule has 0 aliphatic rings. The summed E-state index contributed by atoms with van der Waals surface area (Å²) in [6.07, 6.45) is -3.48. The van der Waals surface area contributed by atoms with Crippen LogP contribution in [0.3, 0.4) is 0 Å². The maximum Gasteiger partial charge on any atom is 0.454 e. The molecule has 0 heterocycles. The normalized spacial score (nSPS) is 11.8. The van der Waals surface area contributed by atoms with Crippen LogP contribution in [0.1, 0.15) is 0 Å². The number of carbonyl (C=O) groups is 1.